The summed E-state index contributed by atoms with van der Waals surface area (Å²) in [6, 6.07) is 2.61. The van der Waals surface area contributed by atoms with Gasteiger partial charge >= 0.3 is 0 Å². The van der Waals surface area contributed by atoms with Gasteiger partial charge in [-0.3, -0.25) is 0 Å². The zero-order valence-electron chi connectivity index (χ0n) is 9.32. The van der Waals surface area contributed by atoms with Crippen LogP contribution in [0.25, 0.3) is 0 Å². The zero-order valence-corrected chi connectivity index (χ0v) is 10.1. The van der Waals surface area contributed by atoms with Crippen molar-refractivity contribution < 1.29 is 4.52 Å². The molecule has 1 N–H and O–H groups in total. The Morgan fingerprint density at radius 3 is 3.20 bits per heavy atom. The van der Waals surface area contributed by atoms with Gasteiger partial charge in [0.1, 0.15) is 0 Å². The third kappa shape index (κ3) is 2.98. The molecule has 1 aliphatic rings. The van der Waals surface area contributed by atoms with Crippen molar-refractivity contribution in [3.8, 4) is 0 Å². The number of aromatic nitrogens is 1. The molecular formula is C11H18N2OS. The van der Waals surface area contributed by atoms with E-state index in [0.717, 1.165) is 18.0 Å². The van der Waals surface area contributed by atoms with E-state index in [1.165, 1.54) is 18.6 Å². The standard InChI is InChI=1S/C11H18N2OS/c1-8-6-10(14-13-8)7-12-11-4-3-5-15-9(11)2/h6,9,11-12H,3-5,7H2,1-2H3. The molecule has 84 valence electrons. The number of hydrogen-bond acceptors (Lipinski definition) is 4. The van der Waals surface area contributed by atoms with Crippen LogP contribution in [0.5, 0.6) is 0 Å². The third-order valence-electron chi connectivity index (χ3n) is 2.82. The van der Waals surface area contributed by atoms with Crippen LogP contribution in [0.4, 0.5) is 0 Å². The minimum absolute atomic E-state index is 0.620. The van der Waals surface area contributed by atoms with Crippen molar-refractivity contribution in [2.24, 2.45) is 0 Å². The summed E-state index contributed by atoms with van der Waals surface area (Å²) in [6.07, 6.45) is 2.60. The van der Waals surface area contributed by atoms with Crippen LogP contribution in [0.15, 0.2) is 10.6 Å². The molecular weight excluding hydrogens is 208 g/mol. The first-order valence-electron chi connectivity index (χ1n) is 5.53. The fourth-order valence-electron chi connectivity index (χ4n) is 1.92. The van der Waals surface area contributed by atoms with Gasteiger partial charge in [0.05, 0.1) is 12.2 Å². The quantitative estimate of drug-likeness (QED) is 0.858. The Balaban J connectivity index is 1.81. The Labute approximate surface area is 95.0 Å². The Hall–Kier alpha value is -0.480. The van der Waals surface area contributed by atoms with Crippen LogP contribution in [0.1, 0.15) is 31.2 Å². The van der Waals surface area contributed by atoms with E-state index in [0.29, 0.717) is 11.3 Å². The van der Waals surface area contributed by atoms with Gasteiger partial charge in [0, 0.05) is 17.4 Å². The molecule has 0 spiro atoms. The van der Waals surface area contributed by atoms with Gasteiger partial charge in [-0.25, -0.2) is 0 Å². The summed E-state index contributed by atoms with van der Waals surface area (Å²) in [7, 11) is 0. The van der Waals surface area contributed by atoms with Crippen LogP contribution in [0, 0.1) is 6.92 Å². The van der Waals surface area contributed by atoms with Crippen LogP contribution in [-0.2, 0) is 6.54 Å². The molecule has 3 nitrogen and oxygen atoms in total. The Morgan fingerprint density at radius 2 is 2.53 bits per heavy atom. The Morgan fingerprint density at radius 1 is 1.67 bits per heavy atom. The topological polar surface area (TPSA) is 38.1 Å². The van der Waals surface area contributed by atoms with Gasteiger partial charge in [-0.1, -0.05) is 12.1 Å². The minimum Gasteiger partial charge on any atom is -0.360 e. The second kappa shape index (κ2) is 5.03. The molecule has 0 aliphatic carbocycles. The van der Waals surface area contributed by atoms with Gasteiger partial charge in [0.2, 0.25) is 0 Å². The van der Waals surface area contributed by atoms with Crippen LogP contribution < -0.4 is 5.32 Å². The molecule has 4 heteroatoms. The molecule has 1 fully saturated rings. The van der Waals surface area contributed by atoms with Crippen molar-refractivity contribution in [2.45, 2.75) is 44.5 Å². The molecule has 1 aliphatic heterocycles. The average molecular weight is 226 g/mol. The van der Waals surface area contributed by atoms with Gasteiger partial charge in [0.25, 0.3) is 0 Å². The molecule has 0 amide bonds. The molecule has 0 radical (unpaired) electrons. The first-order chi connectivity index (χ1) is 7.25. The molecule has 0 saturated carbocycles. The molecule has 2 rings (SSSR count). The number of nitrogens with zero attached hydrogens (tertiary/aromatic N) is 1. The third-order valence-corrected chi connectivity index (χ3v) is 4.20. The van der Waals surface area contributed by atoms with E-state index in [-0.39, 0.29) is 0 Å². The lowest BCUT2D eigenvalue weighted by atomic mass is 10.1. The first kappa shape index (κ1) is 11.0. The van der Waals surface area contributed by atoms with E-state index >= 15 is 0 Å². The molecule has 0 aromatic carbocycles. The van der Waals surface area contributed by atoms with Gasteiger partial charge in [-0.2, -0.15) is 11.8 Å². The number of nitrogens with one attached hydrogen (secondary N) is 1. The summed E-state index contributed by atoms with van der Waals surface area (Å²) < 4.78 is 5.17. The fourth-order valence-corrected chi connectivity index (χ4v) is 3.09. The molecule has 1 aromatic heterocycles. The van der Waals surface area contributed by atoms with Gasteiger partial charge in [-0.05, 0) is 25.5 Å². The van der Waals surface area contributed by atoms with E-state index in [1.807, 2.05) is 13.0 Å². The monoisotopic (exact) mass is 226 g/mol. The van der Waals surface area contributed by atoms with E-state index in [4.69, 9.17) is 4.52 Å². The van der Waals surface area contributed by atoms with Crippen molar-refractivity contribution in [1.82, 2.24) is 10.5 Å². The summed E-state index contributed by atoms with van der Waals surface area (Å²) in [5.74, 6) is 2.25. The Kier molecular flexibility index (Phi) is 3.70. The SMILES string of the molecule is Cc1cc(CNC2CCCSC2C)on1. The largest absolute Gasteiger partial charge is 0.360 e. The second-order valence-corrected chi connectivity index (χ2v) is 5.63. The second-order valence-electron chi connectivity index (χ2n) is 4.14. The van der Waals surface area contributed by atoms with Crippen molar-refractivity contribution in [3.63, 3.8) is 0 Å². The number of hydrogen-bond donors (Lipinski definition) is 1. The average Bonchev–Trinajstić information content (AvgIpc) is 2.63. The van der Waals surface area contributed by atoms with Crippen molar-refractivity contribution >= 4 is 11.8 Å². The van der Waals surface area contributed by atoms with Crippen molar-refractivity contribution in [1.29, 1.82) is 0 Å². The molecule has 2 atom stereocenters. The summed E-state index contributed by atoms with van der Waals surface area (Å²) in [5.41, 5.74) is 0.956. The van der Waals surface area contributed by atoms with Crippen LogP contribution in [0.3, 0.4) is 0 Å². The van der Waals surface area contributed by atoms with Gasteiger partial charge in [-0.15, -0.1) is 0 Å². The van der Waals surface area contributed by atoms with Gasteiger partial charge in [0.15, 0.2) is 5.76 Å². The zero-order chi connectivity index (χ0) is 10.7. The normalized spacial score (nSPS) is 26.8. The molecule has 2 heterocycles. The Bertz CT molecular complexity index is 313. The van der Waals surface area contributed by atoms with Crippen LogP contribution >= 0.6 is 11.8 Å². The molecule has 15 heavy (non-hydrogen) atoms. The predicted octanol–water partition coefficient (Wildman–Crippen LogP) is 2.36. The predicted molar refractivity (Wildman–Crippen MR) is 63.0 cm³/mol. The molecule has 2 unspecified atom stereocenters. The smallest absolute Gasteiger partial charge is 0.150 e. The lowest BCUT2D eigenvalue weighted by molar-refractivity contribution is 0.353. The minimum atomic E-state index is 0.620. The summed E-state index contributed by atoms with van der Waals surface area (Å²) in [6.45, 7) is 5.05. The lowest BCUT2D eigenvalue weighted by Gasteiger charge is -2.28. The summed E-state index contributed by atoms with van der Waals surface area (Å²) in [4.78, 5) is 0. The fraction of sp³-hybridized carbons (Fsp3) is 0.727. The van der Waals surface area contributed by atoms with Crippen LogP contribution in [-0.4, -0.2) is 22.2 Å². The summed E-state index contributed by atoms with van der Waals surface area (Å²) >= 11 is 2.06. The van der Waals surface area contributed by atoms with E-state index in [9.17, 15) is 0 Å². The number of thioether (sulfide) groups is 1. The van der Waals surface area contributed by atoms with Gasteiger partial charge < -0.3 is 9.84 Å². The number of rotatable bonds is 3. The maximum atomic E-state index is 5.17. The van der Waals surface area contributed by atoms with Crippen molar-refractivity contribution in [2.75, 3.05) is 5.75 Å². The lowest BCUT2D eigenvalue weighted by Crippen LogP contribution is -2.38. The van der Waals surface area contributed by atoms with E-state index < -0.39 is 0 Å². The molecule has 1 aromatic rings. The van der Waals surface area contributed by atoms with Crippen molar-refractivity contribution in [3.05, 3.63) is 17.5 Å². The highest BCUT2D eigenvalue weighted by Gasteiger charge is 2.21. The van der Waals surface area contributed by atoms with Crippen LogP contribution in [0.2, 0.25) is 0 Å². The highest BCUT2D eigenvalue weighted by molar-refractivity contribution is 7.99. The highest BCUT2D eigenvalue weighted by Crippen LogP contribution is 2.25. The number of aryl methyl sites for hydroxylation is 1. The molecule has 0 bridgehead atoms. The maximum Gasteiger partial charge on any atom is 0.150 e. The van der Waals surface area contributed by atoms with E-state index in [2.05, 4.69) is 29.2 Å². The first-order valence-corrected chi connectivity index (χ1v) is 6.58. The molecule has 1 saturated heterocycles. The maximum absolute atomic E-state index is 5.17. The highest BCUT2D eigenvalue weighted by atomic mass is 32.2. The van der Waals surface area contributed by atoms with E-state index in [1.54, 1.807) is 0 Å². The summed E-state index contributed by atoms with van der Waals surface area (Å²) in [5, 5.41) is 8.14.